The molecule has 0 spiro atoms. The fourth-order valence-electron chi connectivity index (χ4n) is 2.74. The highest BCUT2D eigenvalue weighted by Gasteiger charge is 2.32. The average molecular weight is 326 g/mol. The van der Waals surface area contributed by atoms with Crippen LogP contribution in [0.15, 0.2) is 42.5 Å². The number of esters is 2. The van der Waals surface area contributed by atoms with Gasteiger partial charge < -0.3 is 18.9 Å². The molecule has 0 bridgehead atoms. The van der Waals surface area contributed by atoms with Crippen LogP contribution >= 0.6 is 0 Å². The molecule has 2 aromatic rings. The zero-order valence-electron chi connectivity index (χ0n) is 12.7. The fourth-order valence-corrected chi connectivity index (χ4v) is 2.74. The Morgan fingerprint density at radius 2 is 1.96 bits per heavy atom. The van der Waals surface area contributed by atoms with Crippen molar-refractivity contribution < 1.29 is 28.5 Å². The lowest BCUT2D eigenvalue weighted by Crippen LogP contribution is -2.35. The van der Waals surface area contributed by atoms with E-state index < -0.39 is 18.0 Å². The van der Waals surface area contributed by atoms with Crippen molar-refractivity contribution in [3.05, 3.63) is 59.2 Å². The number of ether oxygens (including phenoxy) is 4. The number of carbonyl (C=O) groups excluding carboxylic acids is 2. The van der Waals surface area contributed by atoms with Crippen LogP contribution in [0, 0.1) is 0 Å². The monoisotopic (exact) mass is 326 g/mol. The second-order valence-corrected chi connectivity index (χ2v) is 5.55. The summed E-state index contributed by atoms with van der Waals surface area (Å²) in [4.78, 5) is 24.1. The van der Waals surface area contributed by atoms with Crippen molar-refractivity contribution in [3.63, 3.8) is 0 Å². The summed E-state index contributed by atoms with van der Waals surface area (Å²) in [5, 5.41) is 0. The first-order valence-corrected chi connectivity index (χ1v) is 7.55. The normalized spacial score (nSPS) is 17.8. The minimum atomic E-state index is -0.915. The van der Waals surface area contributed by atoms with Crippen molar-refractivity contribution in [2.45, 2.75) is 19.1 Å². The molecule has 0 fully saturated rings. The predicted molar refractivity (Wildman–Crippen MR) is 81.7 cm³/mol. The minimum Gasteiger partial charge on any atom is -0.458 e. The van der Waals surface area contributed by atoms with Gasteiger partial charge in [-0.05, 0) is 29.3 Å². The van der Waals surface area contributed by atoms with Crippen LogP contribution in [0.25, 0.3) is 0 Å². The van der Waals surface area contributed by atoms with Crippen LogP contribution in [-0.4, -0.2) is 24.8 Å². The Bertz CT molecular complexity index is 813. The number of fused-ring (bicyclic) bond motifs is 2. The molecular formula is C18H14O6. The Balaban J connectivity index is 1.41. The first-order chi connectivity index (χ1) is 11.7. The molecule has 0 radical (unpaired) electrons. The van der Waals surface area contributed by atoms with Gasteiger partial charge in [0.2, 0.25) is 12.9 Å². The molecule has 0 saturated heterocycles. The Morgan fingerprint density at radius 1 is 1.12 bits per heavy atom. The highest BCUT2D eigenvalue weighted by molar-refractivity contribution is 5.94. The van der Waals surface area contributed by atoms with Crippen molar-refractivity contribution in [2.24, 2.45) is 0 Å². The van der Waals surface area contributed by atoms with Crippen LogP contribution in [0.5, 0.6) is 11.5 Å². The van der Waals surface area contributed by atoms with Crippen molar-refractivity contribution in [3.8, 4) is 11.5 Å². The average Bonchev–Trinajstić information content (AvgIpc) is 3.07. The third-order valence-electron chi connectivity index (χ3n) is 3.97. The number of hydrogen-bond donors (Lipinski definition) is 0. The van der Waals surface area contributed by atoms with Gasteiger partial charge in [-0.15, -0.1) is 0 Å². The van der Waals surface area contributed by atoms with Gasteiger partial charge in [0.25, 0.3) is 0 Å². The van der Waals surface area contributed by atoms with Gasteiger partial charge in [0.15, 0.2) is 11.5 Å². The lowest BCUT2D eigenvalue weighted by molar-refractivity contribution is -0.155. The molecule has 0 amide bonds. The zero-order chi connectivity index (χ0) is 16.5. The summed E-state index contributed by atoms with van der Waals surface area (Å²) in [6, 6.07) is 12.4. The largest absolute Gasteiger partial charge is 0.458 e. The van der Waals surface area contributed by atoms with Crippen LogP contribution in [0.1, 0.15) is 21.5 Å². The summed E-state index contributed by atoms with van der Waals surface area (Å²) in [6.45, 7) is 0.265. The molecule has 2 heterocycles. The molecule has 2 aromatic carbocycles. The van der Waals surface area contributed by atoms with E-state index in [9.17, 15) is 9.59 Å². The SMILES string of the molecule is O=C1O[C@@H](C(=O)OCc2ccc3c(c2)OCO3)Cc2ccccc21. The summed E-state index contributed by atoms with van der Waals surface area (Å²) in [5.41, 5.74) is 2.06. The third kappa shape index (κ3) is 2.67. The summed E-state index contributed by atoms with van der Waals surface area (Å²) in [7, 11) is 0. The second kappa shape index (κ2) is 5.88. The maximum absolute atomic E-state index is 12.2. The molecule has 1 atom stereocenters. The quantitative estimate of drug-likeness (QED) is 0.806. The Kier molecular flexibility index (Phi) is 3.57. The molecule has 0 N–H and O–H groups in total. The Hall–Kier alpha value is -3.02. The van der Waals surface area contributed by atoms with E-state index >= 15 is 0 Å². The number of cyclic esters (lactones) is 1. The minimum absolute atomic E-state index is 0.0746. The van der Waals surface area contributed by atoms with Gasteiger partial charge in [-0.2, -0.15) is 0 Å². The molecule has 0 aliphatic carbocycles. The number of hydrogen-bond acceptors (Lipinski definition) is 6. The smallest absolute Gasteiger partial charge is 0.348 e. The van der Waals surface area contributed by atoms with E-state index in [1.165, 1.54) is 0 Å². The molecule has 0 aromatic heterocycles. The van der Waals surface area contributed by atoms with Crippen LogP contribution in [0.4, 0.5) is 0 Å². The van der Waals surface area contributed by atoms with E-state index in [1.54, 1.807) is 30.3 Å². The number of rotatable bonds is 3. The molecule has 0 saturated carbocycles. The van der Waals surface area contributed by atoms with Crippen molar-refractivity contribution in [2.75, 3.05) is 6.79 Å². The van der Waals surface area contributed by atoms with Crippen LogP contribution in [0.2, 0.25) is 0 Å². The van der Waals surface area contributed by atoms with E-state index in [2.05, 4.69) is 0 Å². The summed E-state index contributed by atoms with van der Waals surface area (Å²) < 4.78 is 21.0. The predicted octanol–water partition coefficient (Wildman–Crippen LogP) is 2.24. The van der Waals surface area contributed by atoms with Gasteiger partial charge in [-0.25, -0.2) is 9.59 Å². The summed E-state index contributed by atoms with van der Waals surface area (Å²) in [6.07, 6.45) is -0.594. The van der Waals surface area contributed by atoms with Crippen LogP contribution in [-0.2, 0) is 27.3 Å². The van der Waals surface area contributed by atoms with Gasteiger partial charge in [0, 0.05) is 6.42 Å². The van der Waals surface area contributed by atoms with E-state index in [-0.39, 0.29) is 13.4 Å². The molecule has 24 heavy (non-hydrogen) atoms. The first-order valence-electron chi connectivity index (χ1n) is 7.55. The lowest BCUT2D eigenvalue weighted by Gasteiger charge is -2.23. The van der Waals surface area contributed by atoms with Gasteiger partial charge in [-0.3, -0.25) is 0 Å². The summed E-state index contributed by atoms with van der Waals surface area (Å²) in [5.74, 6) is 0.238. The molecule has 0 unspecified atom stereocenters. The Morgan fingerprint density at radius 3 is 2.88 bits per heavy atom. The van der Waals surface area contributed by atoms with Crippen LogP contribution in [0.3, 0.4) is 0 Å². The molecule has 122 valence electrons. The van der Waals surface area contributed by atoms with Crippen molar-refractivity contribution in [1.82, 2.24) is 0 Å². The van der Waals surface area contributed by atoms with Gasteiger partial charge in [0.1, 0.15) is 6.61 Å². The number of carbonyl (C=O) groups is 2. The highest BCUT2D eigenvalue weighted by Crippen LogP contribution is 2.32. The molecule has 6 nitrogen and oxygen atoms in total. The third-order valence-corrected chi connectivity index (χ3v) is 3.97. The second-order valence-electron chi connectivity index (χ2n) is 5.55. The Labute approximate surface area is 137 Å². The molecule has 2 aliphatic heterocycles. The first kappa shape index (κ1) is 14.6. The maximum atomic E-state index is 12.2. The maximum Gasteiger partial charge on any atom is 0.348 e. The van der Waals surface area contributed by atoms with Gasteiger partial charge >= 0.3 is 11.9 Å². The van der Waals surface area contributed by atoms with Crippen LogP contribution < -0.4 is 9.47 Å². The highest BCUT2D eigenvalue weighted by atomic mass is 16.7. The van der Waals surface area contributed by atoms with Crippen molar-refractivity contribution in [1.29, 1.82) is 0 Å². The topological polar surface area (TPSA) is 71.1 Å². The standard InChI is InChI=1S/C18H14O6/c19-17-13-4-2-1-3-12(13)8-16(24-17)18(20)21-9-11-5-6-14-15(7-11)23-10-22-14/h1-7,16H,8-10H2/t16-/m1/s1. The van der Waals surface area contributed by atoms with Crippen molar-refractivity contribution >= 4 is 11.9 Å². The summed E-state index contributed by atoms with van der Waals surface area (Å²) >= 11 is 0. The van der Waals surface area contributed by atoms with E-state index in [0.717, 1.165) is 11.1 Å². The molecule has 2 aliphatic rings. The molecule has 4 rings (SSSR count). The van der Waals surface area contributed by atoms with E-state index in [4.69, 9.17) is 18.9 Å². The van der Waals surface area contributed by atoms with E-state index in [1.807, 2.05) is 12.1 Å². The fraction of sp³-hybridized carbons (Fsp3) is 0.222. The zero-order valence-corrected chi connectivity index (χ0v) is 12.7. The lowest BCUT2D eigenvalue weighted by atomic mass is 9.99. The van der Waals surface area contributed by atoms with E-state index in [0.29, 0.717) is 23.5 Å². The van der Waals surface area contributed by atoms with Gasteiger partial charge in [0.05, 0.1) is 5.56 Å². The number of benzene rings is 2. The van der Waals surface area contributed by atoms with Gasteiger partial charge in [-0.1, -0.05) is 24.3 Å². The molecule has 6 heteroatoms. The molecular weight excluding hydrogens is 312 g/mol.